The van der Waals surface area contributed by atoms with Gasteiger partial charge in [0.25, 0.3) is 0 Å². The smallest absolute Gasteiger partial charge is 0.188 e. The summed E-state index contributed by atoms with van der Waals surface area (Å²) in [6.45, 7) is 3.49. The van der Waals surface area contributed by atoms with E-state index in [4.69, 9.17) is 31.8 Å². The molecule has 3 aromatic rings. The Balaban J connectivity index is 1.44. The summed E-state index contributed by atoms with van der Waals surface area (Å²) in [6.07, 6.45) is 5.18. The maximum Gasteiger partial charge on any atom is 0.188 e. The highest BCUT2D eigenvalue weighted by atomic mass is 19.1. The number of nitrogens with two attached hydrogens (primary N) is 2. The van der Waals surface area contributed by atoms with E-state index in [0.29, 0.717) is 52.2 Å². The predicted molar refractivity (Wildman–Crippen MR) is 166 cm³/mol. The monoisotopic (exact) mass is 605 g/mol. The first kappa shape index (κ1) is 30.8. The van der Waals surface area contributed by atoms with E-state index >= 15 is 8.78 Å². The topological polar surface area (TPSA) is 155 Å². The largest absolute Gasteiger partial charge is 0.382 e. The Morgan fingerprint density at radius 1 is 0.795 bits per heavy atom. The van der Waals surface area contributed by atoms with Crippen molar-refractivity contribution in [1.29, 1.82) is 10.8 Å². The van der Waals surface area contributed by atoms with Crippen molar-refractivity contribution in [3.63, 3.8) is 0 Å². The van der Waals surface area contributed by atoms with E-state index in [2.05, 4.69) is 10.2 Å². The normalized spacial score (nSPS) is 15.2. The van der Waals surface area contributed by atoms with Crippen LogP contribution in [0.2, 0.25) is 0 Å². The number of benzene rings is 2. The number of guanidine groups is 2. The van der Waals surface area contributed by atoms with E-state index in [1.807, 2.05) is 24.3 Å². The molecule has 2 aliphatic heterocycles. The molecule has 44 heavy (non-hydrogen) atoms. The lowest BCUT2D eigenvalue weighted by molar-refractivity contribution is 0.0668. The number of hydrogen-bond acceptors (Lipinski definition) is 6. The summed E-state index contributed by atoms with van der Waals surface area (Å²) >= 11 is 0. The molecule has 0 saturated carbocycles. The van der Waals surface area contributed by atoms with Crippen LogP contribution in [-0.2, 0) is 16.0 Å². The standard InChI is InChI=1S/C31H37F2N9O2/c1-43-16-17-44-15-14-42-28(24-4-2-22(18-26(24)32)20-6-10-40(11-7-20)30(34)35)38-39-29(42)25-5-3-23(19-27(25)33)21-8-12-41(13-9-21)31(36)37/h2-6,8,18-19H,7,9-17H2,1H3,(H3,34,35)(H3,36,37). The molecular weight excluding hydrogens is 568 g/mol. The summed E-state index contributed by atoms with van der Waals surface area (Å²) in [5.74, 6) is -0.386. The molecular formula is C31H37F2N9O2. The molecule has 0 atom stereocenters. The van der Waals surface area contributed by atoms with Crippen LogP contribution in [0.4, 0.5) is 8.78 Å². The van der Waals surface area contributed by atoms with Gasteiger partial charge in [0.15, 0.2) is 23.6 Å². The molecule has 5 rings (SSSR count). The number of nitrogens with zero attached hydrogens (tertiary/aromatic N) is 5. The van der Waals surface area contributed by atoms with Crippen molar-refractivity contribution in [2.75, 3.05) is 53.1 Å². The van der Waals surface area contributed by atoms with Crippen LogP contribution in [0, 0.1) is 22.5 Å². The van der Waals surface area contributed by atoms with Crippen LogP contribution in [0.3, 0.4) is 0 Å². The first-order valence-corrected chi connectivity index (χ1v) is 14.4. The zero-order valence-corrected chi connectivity index (χ0v) is 24.7. The van der Waals surface area contributed by atoms with Crippen molar-refractivity contribution in [3.05, 3.63) is 71.3 Å². The van der Waals surface area contributed by atoms with Crippen molar-refractivity contribution in [2.24, 2.45) is 11.5 Å². The Morgan fingerprint density at radius 2 is 1.30 bits per heavy atom. The molecule has 0 radical (unpaired) electrons. The third kappa shape index (κ3) is 6.79. The molecule has 0 aliphatic carbocycles. The lowest BCUT2D eigenvalue weighted by Gasteiger charge is -2.26. The predicted octanol–water partition coefficient (Wildman–Crippen LogP) is 3.52. The van der Waals surface area contributed by atoms with Gasteiger partial charge in [-0.2, -0.15) is 0 Å². The fourth-order valence-electron chi connectivity index (χ4n) is 5.41. The average Bonchev–Trinajstić information content (AvgIpc) is 3.44. The molecule has 0 fully saturated rings. The van der Waals surface area contributed by atoms with Crippen molar-refractivity contribution < 1.29 is 18.3 Å². The number of ether oxygens (including phenoxy) is 2. The number of nitrogens with one attached hydrogen (secondary N) is 2. The van der Waals surface area contributed by atoms with Crippen molar-refractivity contribution in [2.45, 2.75) is 19.4 Å². The SMILES string of the molecule is COCCOCCn1c(-c2ccc(C3=CCN(C(=N)N)CC3)cc2F)nnc1-c1ccc(C2=CCN(C(=N)N)CC2)cc1F. The van der Waals surface area contributed by atoms with E-state index in [-0.39, 0.29) is 47.8 Å². The molecule has 0 saturated heterocycles. The molecule has 6 N–H and O–H groups in total. The van der Waals surface area contributed by atoms with Gasteiger partial charge in [0.1, 0.15) is 11.6 Å². The number of hydrogen-bond donors (Lipinski definition) is 4. The second-order valence-electron chi connectivity index (χ2n) is 10.6. The summed E-state index contributed by atoms with van der Waals surface area (Å²) in [5.41, 5.74) is 15.1. The Hall–Kier alpha value is -4.62. The molecule has 0 unspecified atom stereocenters. The first-order valence-electron chi connectivity index (χ1n) is 14.4. The van der Waals surface area contributed by atoms with Crippen LogP contribution in [0.1, 0.15) is 24.0 Å². The highest BCUT2D eigenvalue weighted by molar-refractivity contribution is 5.78. The van der Waals surface area contributed by atoms with Gasteiger partial charge in [0.2, 0.25) is 0 Å². The fraction of sp³-hybridized carbons (Fsp3) is 0.355. The Kier molecular flexibility index (Phi) is 9.65. The van der Waals surface area contributed by atoms with E-state index < -0.39 is 11.6 Å². The van der Waals surface area contributed by atoms with Gasteiger partial charge in [-0.05, 0) is 59.4 Å². The van der Waals surface area contributed by atoms with Crippen LogP contribution in [-0.4, -0.2) is 89.6 Å². The van der Waals surface area contributed by atoms with Crippen molar-refractivity contribution in [1.82, 2.24) is 24.6 Å². The van der Waals surface area contributed by atoms with E-state index in [0.717, 1.165) is 22.3 Å². The molecule has 2 aliphatic rings. The summed E-state index contributed by atoms with van der Waals surface area (Å²) in [4.78, 5) is 3.49. The minimum Gasteiger partial charge on any atom is -0.382 e. The third-order valence-corrected chi connectivity index (χ3v) is 7.90. The third-order valence-electron chi connectivity index (χ3n) is 7.90. The lowest BCUT2D eigenvalue weighted by atomic mass is 9.97. The number of aromatic nitrogens is 3. The van der Waals surface area contributed by atoms with Crippen LogP contribution < -0.4 is 11.5 Å². The van der Waals surface area contributed by atoms with E-state index in [1.54, 1.807) is 33.6 Å². The van der Waals surface area contributed by atoms with Crippen LogP contribution in [0.15, 0.2) is 48.6 Å². The molecule has 11 nitrogen and oxygen atoms in total. The fourth-order valence-corrected chi connectivity index (χ4v) is 5.41. The van der Waals surface area contributed by atoms with Gasteiger partial charge < -0.3 is 35.3 Å². The molecule has 1 aromatic heterocycles. The Labute approximate surface area is 254 Å². The Bertz CT molecular complexity index is 1490. The van der Waals surface area contributed by atoms with E-state index in [9.17, 15) is 0 Å². The average molecular weight is 606 g/mol. The molecule has 0 amide bonds. The van der Waals surface area contributed by atoms with Crippen molar-refractivity contribution in [3.8, 4) is 22.8 Å². The highest BCUT2D eigenvalue weighted by Crippen LogP contribution is 2.32. The van der Waals surface area contributed by atoms with E-state index in [1.165, 1.54) is 12.1 Å². The van der Waals surface area contributed by atoms with Crippen LogP contribution in [0.5, 0.6) is 0 Å². The number of methoxy groups -OCH3 is 1. The van der Waals surface area contributed by atoms with Gasteiger partial charge in [-0.15, -0.1) is 10.2 Å². The molecule has 3 heterocycles. The quantitative estimate of drug-likeness (QED) is 0.155. The van der Waals surface area contributed by atoms with Crippen LogP contribution in [0.25, 0.3) is 33.9 Å². The molecule has 0 spiro atoms. The zero-order chi connectivity index (χ0) is 31.2. The zero-order valence-electron chi connectivity index (χ0n) is 24.7. The van der Waals surface area contributed by atoms with Gasteiger partial charge in [0, 0.05) is 39.8 Å². The minimum atomic E-state index is -0.474. The molecule has 232 valence electrons. The Morgan fingerprint density at radius 3 is 1.68 bits per heavy atom. The first-order chi connectivity index (χ1) is 21.3. The maximum absolute atomic E-state index is 15.7. The van der Waals surface area contributed by atoms with Gasteiger partial charge in [-0.3, -0.25) is 10.8 Å². The van der Waals surface area contributed by atoms with Gasteiger partial charge in [-0.25, -0.2) is 8.78 Å². The highest BCUT2D eigenvalue weighted by Gasteiger charge is 2.23. The number of rotatable bonds is 10. The summed E-state index contributed by atoms with van der Waals surface area (Å²) in [6, 6.07) is 9.94. The van der Waals surface area contributed by atoms with Crippen LogP contribution >= 0.6 is 0 Å². The molecule has 2 aromatic carbocycles. The lowest BCUT2D eigenvalue weighted by Crippen LogP contribution is -2.39. The van der Waals surface area contributed by atoms with Gasteiger partial charge >= 0.3 is 0 Å². The maximum atomic E-state index is 15.7. The second kappa shape index (κ2) is 13.8. The minimum absolute atomic E-state index is 0.0151. The summed E-state index contributed by atoms with van der Waals surface area (Å²) in [7, 11) is 1.59. The second-order valence-corrected chi connectivity index (χ2v) is 10.6. The van der Waals surface area contributed by atoms with Gasteiger partial charge in [-0.1, -0.05) is 24.3 Å². The summed E-state index contributed by atoms with van der Waals surface area (Å²) < 4.78 is 43.7. The molecule has 0 bridgehead atoms. The number of halogens is 2. The van der Waals surface area contributed by atoms with Gasteiger partial charge in [0.05, 0.1) is 30.9 Å². The summed E-state index contributed by atoms with van der Waals surface area (Å²) in [5, 5.41) is 23.9. The van der Waals surface area contributed by atoms with Crippen molar-refractivity contribution >= 4 is 23.1 Å². The molecule has 13 heteroatoms.